The van der Waals surface area contributed by atoms with Gasteiger partial charge in [0.1, 0.15) is 49.4 Å². The van der Waals surface area contributed by atoms with E-state index in [0.717, 1.165) is 0 Å². The molecule has 13 heteroatoms. The van der Waals surface area contributed by atoms with Crippen LogP contribution in [0.4, 0.5) is 5.82 Å². The highest BCUT2D eigenvalue weighted by atomic mass is 16.8. The molecule has 7 N–H and O–H groups in total. The average molecular weight is 419 g/mol. The van der Waals surface area contributed by atoms with Crippen LogP contribution in [0.25, 0.3) is 0 Å². The van der Waals surface area contributed by atoms with E-state index in [-0.39, 0.29) is 25.6 Å². The molecule has 2 saturated heterocycles. The lowest BCUT2D eigenvalue weighted by atomic mass is 9.99. The molecule has 0 amide bonds. The zero-order valence-corrected chi connectivity index (χ0v) is 15.4. The van der Waals surface area contributed by atoms with Crippen LogP contribution in [0.15, 0.2) is 17.1 Å². The number of nitrogens with zero attached hydrogens (tertiary/aromatic N) is 2. The SMILES string of the molecule is Nc1ccn(C2CC(O)C(COCOC3OC(CO)C(O)C(O)C3O)O2)c(=O)n1. The van der Waals surface area contributed by atoms with Gasteiger partial charge in [-0.2, -0.15) is 4.98 Å². The van der Waals surface area contributed by atoms with Crippen molar-refractivity contribution in [3.8, 4) is 0 Å². The lowest BCUT2D eigenvalue weighted by Crippen LogP contribution is -2.59. The summed E-state index contributed by atoms with van der Waals surface area (Å²) in [4.78, 5) is 15.5. The summed E-state index contributed by atoms with van der Waals surface area (Å²) in [5.41, 5.74) is 4.84. The molecule has 0 radical (unpaired) electrons. The van der Waals surface area contributed by atoms with Crippen molar-refractivity contribution < 1.29 is 44.5 Å². The molecular weight excluding hydrogens is 394 g/mol. The molecular formula is C16H25N3O10. The molecule has 13 nitrogen and oxygen atoms in total. The van der Waals surface area contributed by atoms with E-state index in [4.69, 9.17) is 29.8 Å². The van der Waals surface area contributed by atoms with Gasteiger partial charge in [-0.25, -0.2) is 4.79 Å². The Hall–Kier alpha value is -1.68. The second kappa shape index (κ2) is 9.42. The quantitative estimate of drug-likeness (QED) is 0.187. The minimum Gasteiger partial charge on any atom is -0.394 e. The van der Waals surface area contributed by atoms with Gasteiger partial charge < -0.3 is 50.2 Å². The fourth-order valence-electron chi connectivity index (χ4n) is 3.17. The fourth-order valence-corrected chi connectivity index (χ4v) is 3.17. The number of nitrogen functional groups attached to an aromatic ring is 1. The van der Waals surface area contributed by atoms with Gasteiger partial charge in [0.15, 0.2) is 6.29 Å². The Kier molecular flexibility index (Phi) is 7.15. The molecule has 8 unspecified atom stereocenters. The van der Waals surface area contributed by atoms with Crippen LogP contribution in [-0.4, -0.2) is 98.0 Å². The van der Waals surface area contributed by atoms with E-state index in [1.807, 2.05) is 0 Å². The number of aliphatic hydroxyl groups excluding tert-OH is 5. The Morgan fingerprint density at radius 2 is 1.93 bits per heavy atom. The first-order valence-electron chi connectivity index (χ1n) is 9.00. The van der Waals surface area contributed by atoms with Crippen LogP contribution in [0.5, 0.6) is 0 Å². The lowest BCUT2D eigenvalue weighted by molar-refractivity contribution is -0.317. The van der Waals surface area contributed by atoms with E-state index in [1.165, 1.54) is 16.8 Å². The van der Waals surface area contributed by atoms with Crippen LogP contribution in [0.1, 0.15) is 12.6 Å². The second-order valence-corrected chi connectivity index (χ2v) is 6.83. The van der Waals surface area contributed by atoms with Gasteiger partial charge in [-0.05, 0) is 6.07 Å². The Balaban J connectivity index is 1.46. The number of hydrogen-bond acceptors (Lipinski definition) is 12. The van der Waals surface area contributed by atoms with E-state index >= 15 is 0 Å². The van der Waals surface area contributed by atoms with Gasteiger partial charge in [0, 0.05) is 12.6 Å². The van der Waals surface area contributed by atoms with Gasteiger partial charge in [0.05, 0.1) is 19.3 Å². The molecule has 8 atom stereocenters. The van der Waals surface area contributed by atoms with E-state index in [2.05, 4.69) is 4.98 Å². The van der Waals surface area contributed by atoms with Crippen molar-refractivity contribution in [3.63, 3.8) is 0 Å². The molecule has 0 aromatic carbocycles. The van der Waals surface area contributed by atoms with E-state index in [9.17, 15) is 25.2 Å². The first kappa shape index (κ1) is 22.0. The summed E-state index contributed by atoms with van der Waals surface area (Å²) < 4.78 is 22.5. The minimum absolute atomic E-state index is 0.0787. The maximum Gasteiger partial charge on any atom is 0.351 e. The Labute approximate surface area is 164 Å². The number of nitrogens with two attached hydrogens (primary N) is 1. The van der Waals surface area contributed by atoms with Crippen LogP contribution >= 0.6 is 0 Å². The third-order valence-electron chi connectivity index (χ3n) is 4.81. The first-order chi connectivity index (χ1) is 13.8. The van der Waals surface area contributed by atoms with Crippen LogP contribution in [-0.2, 0) is 18.9 Å². The molecule has 3 rings (SSSR count). The normalized spacial score (nSPS) is 37.7. The summed E-state index contributed by atoms with van der Waals surface area (Å²) in [5.74, 6) is 0.0787. The Morgan fingerprint density at radius 1 is 1.17 bits per heavy atom. The van der Waals surface area contributed by atoms with Crippen LogP contribution in [0, 0.1) is 0 Å². The minimum atomic E-state index is -1.56. The van der Waals surface area contributed by atoms with Gasteiger partial charge in [0.25, 0.3) is 0 Å². The highest BCUT2D eigenvalue weighted by molar-refractivity contribution is 5.23. The van der Waals surface area contributed by atoms with Crippen molar-refractivity contribution in [3.05, 3.63) is 22.7 Å². The van der Waals surface area contributed by atoms with Gasteiger partial charge in [0.2, 0.25) is 0 Å². The predicted molar refractivity (Wildman–Crippen MR) is 93.1 cm³/mol. The standard InChI is InChI=1S/C16H25N3O10/c17-10-1-2-19(16(25)18-10)11-3-7(21)9(28-11)5-26-6-27-15-14(24)13(23)12(22)8(4-20)29-15/h1-2,7-9,11-15,20-24H,3-6H2,(H2,17,18,25). The molecule has 0 aliphatic carbocycles. The van der Waals surface area contributed by atoms with Crippen LogP contribution in [0.2, 0.25) is 0 Å². The smallest absolute Gasteiger partial charge is 0.351 e. The van der Waals surface area contributed by atoms with Crippen LogP contribution < -0.4 is 11.4 Å². The van der Waals surface area contributed by atoms with Crippen molar-refractivity contribution in [1.29, 1.82) is 0 Å². The first-order valence-corrected chi connectivity index (χ1v) is 9.00. The number of hydrogen-bond donors (Lipinski definition) is 6. The topological polar surface area (TPSA) is 199 Å². The molecule has 0 saturated carbocycles. The van der Waals surface area contributed by atoms with Crippen molar-refractivity contribution in [2.24, 2.45) is 0 Å². The molecule has 29 heavy (non-hydrogen) atoms. The summed E-state index contributed by atoms with van der Waals surface area (Å²) in [6.45, 7) is -1.05. The summed E-state index contributed by atoms with van der Waals surface area (Å²) in [7, 11) is 0. The number of anilines is 1. The van der Waals surface area contributed by atoms with Crippen molar-refractivity contribution in [2.45, 2.75) is 55.6 Å². The number of aliphatic hydroxyl groups is 5. The highest BCUT2D eigenvalue weighted by Crippen LogP contribution is 2.28. The predicted octanol–water partition coefficient (Wildman–Crippen LogP) is -3.74. The van der Waals surface area contributed by atoms with Gasteiger partial charge in [-0.3, -0.25) is 4.57 Å². The maximum atomic E-state index is 11.9. The third kappa shape index (κ3) is 4.91. The van der Waals surface area contributed by atoms with E-state index < -0.39 is 61.4 Å². The molecule has 0 spiro atoms. The summed E-state index contributed by atoms with van der Waals surface area (Å²) in [6, 6.07) is 1.44. The molecule has 3 heterocycles. The van der Waals surface area contributed by atoms with E-state index in [1.54, 1.807) is 0 Å². The number of rotatable bonds is 7. The molecule has 0 bridgehead atoms. The van der Waals surface area contributed by atoms with Gasteiger partial charge >= 0.3 is 5.69 Å². The zero-order chi connectivity index (χ0) is 21.1. The van der Waals surface area contributed by atoms with E-state index in [0.29, 0.717) is 0 Å². The molecule has 1 aromatic rings. The molecule has 164 valence electrons. The van der Waals surface area contributed by atoms with Crippen molar-refractivity contribution in [1.82, 2.24) is 9.55 Å². The lowest BCUT2D eigenvalue weighted by Gasteiger charge is -2.39. The van der Waals surface area contributed by atoms with Crippen molar-refractivity contribution >= 4 is 5.82 Å². The summed E-state index contributed by atoms with van der Waals surface area (Å²) in [5, 5.41) is 48.5. The zero-order valence-electron chi connectivity index (χ0n) is 15.4. The van der Waals surface area contributed by atoms with Gasteiger partial charge in [-0.15, -0.1) is 0 Å². The number of ether oxygens (including phenoxy) is 4. The molecule has 1 aromatic heterocycles. The van der Waals surface area contributed by atoms with Gasteiger partial charge in [-0.1, -0.05) is 0 Å². The average Bonchev–Trinajstić information content (AvgIpc) is 3.05. The second-order valence-electron chi connectivity index (χ2n) is 6.83. The Morgan fingerprint density at radius 3 is 2.62 bits per heavy atom. The highest BCUT2D eigenvalue weighted by Gasteiger charge is 2.44. The Bertz CT molecular complexity index is 731. The third-order valence-corrected chi connectivity index (χ3v) is 4.81. The molecule has 2 aliphatic heterocycles. The number of aromatic nitrogens is 2. The summed E-state index contributed by atoms with van der Waals surface area (Å²) in [6.07, 6.45) is -7.82. The monoisotopic (exact) mass is 419 g/mol. The summed E-state index contributed by atoms with van der Waals surface area (Å²) >= 11 is 0. The largest absolute Gasteiger partial charge is 0.394 e. The maximum absolute atomic E-state index is 11.9. The van der Waals surface area contributed by atoms with Crippen LogP contribution in [0.3, 0.4) is 0 Å². The molecule has 2 fully saturated rings. The van der Waals surface area contributed by atoms with Crippen molar-refractivity contribution in [2.75, 3.05) is 25.7 Å². The fraction of sp³-hybridized carbons (Fsp3) is 0.750. The molecule has 2 aliphatic rings.